The summed E-state index contributed by atoms with van der Waals surface area (Å²) in [5.74, 6) is -0.933. The van der Waals surface area contributed by atoms with E-state index in [1.165, 1.54) is 26.0 Å². The molecule has 0 radical (unpaired) electrons. The Morgan fingerprint density at radius 2 is 1.61 bits per heavy atom. The first-order chi connectivity index (χ1) is 13.0. The predicted molar refractivity (Wildman–Crippen MR) is 105 cm³/mol. The Labute approximate surface area is 163 Å². The number of carbonyl (C=O) groups is 1. The first-order valence-corrected chi connectivity index (χ1v) is 10.1. The molecule has 0 saturated heterocycles. The third-order valence-corrected chi connectivity index (χ3v) is 5.90. The van der Waals surface area contributed by atoms with Crippen molar-refractivity contribution in [1.82, 2.24) is 0 Å². The van der Waals surface area contributed by atoms with Crippen LogP contribution in [0, 0.1) is 37.8 Å². The van der Waals surface area contributed by atoms with Crippen molar-refractivity contribution >= 4 is 21.4 Å². The zero-order chi connectivity index (χ0) is 21.1. The van der Waals surface area contributed by atoms with Gasteiger partial charge in [0.2, 0.25) is 9.84 Å². The summed E-state index contributed by atoms with van der Waals surface area (Å²) in [6.45, 7) is 6.63. The summed E-state index contributed by atoms with van der Waals surface area (Å²) in [6, 6.07) is 8.61. The third kappa shape index (κ3) is 5.07. The number of nitro groups is 1. The molecule has 2 aromatic carbocycles. The number of hydrogen-bond donors (Lipinski definition) is 1. The summed E-state index contributed by atoms with van der Waals surface area (Å²) in [6.07, 6.45) is 0. The Morgan fingerprint density at radius 3 is 2.11 bits per heavy atom. The number of nitrogens with one attached hydrogen (secondary N) is 1. The zero-order valence-electron chi connectivity index (χ0n) is 16.1. The summed E-state index contributed by atoms with van der Waals surface area (Å²) in [5, 5.41) is 13.3. The van der Waals surface area contributed by atoms with E-state index in [1.807, 2.05) is 32.0 Å². The van der Waals surface area contributed by atoms with Crippen molar-refractivity contribution in [2.75, 3.05) is 17.8 Å². The average molecular weight is 406 g/mol. The van der Waals surface area contributed by atoms with Crippen LogP contribution in [0.25, 0.3) is 0 Å². The quantitative estimate of drug-likeness (QED) is 0.558. The van der Waals surface area contributed by atoms with Crippen LogP contribution in [0.5, 0.6) is 5.75 Å². The number of anilines is 1. The number of ether oxygens (including phenoxy) is 1. The van der Waals surface area contributed by atoms with Crippen LogP contribution in [0.3, 0.4) is 0 Å². The molecule has 0 aliphatic carbocycles. The first-order valence-electron chi connectivity index (χ1n) is 8.46. The Kier molecular flexibility index (Phi) is 6.40. The largest absolute Gasteiger partial charge is 0.483 e. The van der Waals surface area contributed by atoms with Crippen molar-refractivity contribution < 1.29 is 22.9 Å². The number of rotatable bonds is 7. The van der Waals surface area contributed by atoms with Gasteiger partial charge in [-0.3, -0.25) is 14.9 Å². The maximum Gasteiger partial charge on any atom is 0.305 e. The van der Waals surface area contributed by atoms with Gasteiger partial charge in [0, 0.05) is 10.6 Å². The van der Waals surface area contributed by atoms with E-state index in [4.69, 9.17) is 4.74 Å². The highest BCUT2D eigenvalue weighted by molar-refractivity contribution is 7.91. The van der Waals surface area contributed by atoms with Gasteiger partial charge in [-0.1, -0.05) is 18.2 Å². The number of aryl methyl sites for hydroxylation is 4. The Hall–Kier alpha value is -2.94. The number of benzene rings is 2. The molecule has 8 nitrogen and oxygen atoms in total. The van der Waals surface area contributed by atoms with E-state index < -0.39 is 26.5 Å². The van der Waals surface area contributed by atoms with Gasteiger partial charge in [0.25, 0.3) is 5.91 Å². The Balaban J connectivity index is 2.15. The lowest BCUT2D eigenvalue weighted by Gasteiger charge is -2.14. The van der Waals surface area contributed by atoms with Crippen molar-refractivity contribution in [2.45, 2.75) is 32.6 Å². The SMILES string of the molecule is Cc1cccc(C)c1OCC(=O)Nc1cc(C)c(S(=O)(=O)C[N+](=O)[O-])c(C)c1. The van der Waals surface area contributed by atoms with Gasteiger partial charge in [0.15, 0.2) is 6.61 Å². The lowest BCUT2D eigenvalue weighted by molar-refractivity contribution is -0.458. The summed E-state index contributed by atoms with van der Waals surface area (Å²) >= 11 is 0. The van der Waals surface area contributed by atoms with Gasteiger partial charge < -0.3 is 10.1 Å². The highest BCUT2D eigenvalue weighted by Gasteiger charge is 2.26. The molecule has 2 aromatic rings. The van der Waals surface area contributed by atoms with Gasteiger partial charge in [0.05, 0.1) is 4.90 Å². The second kappa shape index (κ2) is 8.39. The first kappa shape index (κ1) is 21.4. The molecule has 0 aromatic heterocycles. The van der Waals surface area contributed by atoms with Crippen LogP contribution < -0.4 is 10.1 Å². The van der Waals surface area contributed by atoms with Crippen LogP contribution in [0.4, 0.5) is 5.69 Å². The number of para-hydroxylation sites is 1. The van der Waals surface area contributed by atoms with Crippen molar-refractivity contribution in [3.63, 3.8) is 0 Å². The van der Waals surface area contributed by atoms with Crippen LogP contribution in [0.1, 0.15) is 22.3 Å². The van der Waals surface area contributed by atoms with Gasteiger partial charge in [-0.05, 0) is 62.1 Å². The number of sulfone groups is 1. The maximum absolute atomic E-state index is 12.2. The summed E-state index contributed by atoms with van der Waals surface area (Å²) in [5.41, 5.74) is 2.88. The van der Waals surface area contributed by atoms with Crippen LogP contribution in [-0.2, 0) is 14.6 Å². The van der Waals surface area contributed by atoms with Crippen LogP contribution in [0.15, 0.2) is 35.2 Å². The molecule has 0 unspecified atom stereocenters. The van der Waals surface area contributed by atoms with Gasteiger partial charge in [-0.25, -0.2) is 8.42 Å². The molecule has 0 spiro atoms. The summed E-state index contributed by atoms with van der Waals surface area (Å²) in [4.78, 5) is 21.9. The molecule has 1 amide bonds. The van der Waals surface area contributed by atoms with Crippen molar-refractivity contribution in [1.29, 1.82) is 0 Å². The number of nitrogens with zero attached hydrogens (tertiary/aromatic N) is 1. The fraction of sp³-hybridized carbons (Fsp3) is 0.316. The fourth-order valence-electron chi connectivity index (χ4n) is 3.08. The molecule has 2 rings (SSSR count). The number of hydrogen-bond acceptors (Lipinski definition) is 6. The van der Waals surface area contributed by atoms with Gasteiger partial charge in [-0.2, -0.15) is 0 Å². The van der Waals surface area contributed by atoms with E-state index in [0.29, 0.717) is 22.6 Å². The number of amides is 1. The number of carbonyl (C=O) groups excluding carboxylic acids is 1. The van der Waals surface area contributed by atoms with Gasteiger partial charge in [-0.15, -0.1) is 0 Å². The Bertz CT molecular complexity index is 987. The van der Waals surface area contributed by atoms with Gasteiger partial charge >= 0.3 is 5.88 Å². The second-order valence-electron chi connectivity index (χ2n) is 6.57. The van der Waals surface area contributed by atoms with Crippen LogP contribution >= 0.6 is 0 Å². The van der Waals surface area contributed by atoms with E-state index in [9.17, 15) is 23.3 Å². The molecule has 0 saturated carbocycles. The Morgan fingerprint density at radius 1 is 1.07 bits per heavy atom. The lowest BCUT2D eigenvalue weighted by Crippen LogP contribution is -2.21. The van der Waals surface area contributed by atoms with Gasteiger partial charge in [0.1, 0.15) is 5.75 Å². The van der Waals surface area contributed by atoms with Crippen molar-refractivity contribution in [3.05, 3.63) is 62.7 Å². The molecular weight excluding hydrogens is 384 g/mol. The molecule has 0 fully saturated rings. The predicted octanol–water partition coefficient (Wildman–Crippen LogP) is 2.95. The molecule has 0 bridgehead atoms. The minimum absolute atomic E-state index is 0.0889. The van der Waals surface area contributed by atoms with Crippen molar-refractivity contribution in [3.8, 4) is 5.75 Å². The molecule has 0 aliphatic rings. The second-order valence-corrected chi connectivity index (χ2v) is 8.47. The molecule has 28 heavy (non-hydrogen) atoms. The smallest absolute Gasteiger partial charge is 0.305 e. The normalized spacial score (nSPS) is 11.1. The van der Waals surface area contributed by atoms with Crippen LogP contribution in [0.2, 0.25) is 0 Å². The third-order valence-electron chi connectivity index (χ3n) is 4.09. The van der Waals surface area contributed by atoms with E-state index in [2.05, 4.69) is 5.32 Å². The van der Waals surface area contributed by atoms with Crippen LogP contribution in [-0.4, -0.2) is 31.7 Å². The highest BCUT2D eigenvalue weighted by Crippen LogP contribution is 2.26. The standard InChI is InChI=1S/C19H22N2O6S/c1-12-6-5-7-13(2)18(12)27-10-17(22)20-16-8-14(3)19(15(4)9-16)28(25,26)11-21(23)24/h5-9H,10-11H2,1-4H3,(H,20,22). The average Bonchev–Trinajstić information content (AvgIpc) is 2.51. The van der Waals surface area contributed by atoms with E-state index >= 15 is 0 Å². The molecule has 9 heteroatoms. The zero-order valence-corrected chi connectivity index (χ0v) is 16.9. The minimum atomic E-state index is -4.06. The van der Waals surface area contributed by atoms with E-state index in [-0.39, 0.29) is 11.5 Å². The molecule has 1 N–H and O–H groups in total. The molecular formula is C19H22N2O6S. The summed E-state index contributed by atoms with van der Waals surface area (Å²) in [7, 11) is -4.06. The van der Waals surface area contributed by atoms with Crippen molar-refractivity contribution in [2.24, 2.45) is 0 Å². The van der Waals surface area contributed by atoms with E-state index in [0.717, 1.165) is 11.1 Å². The maximum atomic E-state index is 12.2. The molecule has 0 heterocycles. The molecule has 150 valence electrons. The molecule has 0 aliphatic heterocycles. The lowest BCUT2D eigenvalue weighted by atomic mass is 10.1. The highest BCUT2D eigenvalue weighted by atomic mass is 32.2. The topological polar surface area (TPSA) is 116 Å². The fourth-order valence-corrected chi connectivity index (χ4v) is 4.58. The summed E-state index contributed by atoms with van der Waals surface area (Å²) < 4.78 is 30.0. The molecule has 0 atom stereocenters. The minimum Gasteiger partial charge on any atom is -0.483 e. The van der Waals surface area contributed by atoms with E-state index in [1.54, 1.807) is 0 Å². The monoisotopic (exact) mass is 406 g/mol.